The highest BCUT2D eigenvalue weighted by atomic mass is 16.2. The average Bonchev–Trinajstić information content (AvgIpc) is 0.844. The van der Waals surface area contributed by atoms with Gasteiger partial charge in [0.2, 0.25) is 88.6 Å². The summed E-state index contributed by atoms with van der Waals surface area (Å²) in [7, 11) is 0. The molecule has 0 aromatic rings. The normalized spacial score (nSPS) is 20.2. The number of allylic oxidation sites excluding steroid dienone is 2. The number of guanidine groups is 2. The van der Waals surface area contributed by atoms with E-state index in [1.165, 1.54) is 20.8 Å². The molecular weight excluding hydrogens is 1470 g/mol. The molecule has 1 heterocycles. The summed E-state index contributed by atoms with van der Waals surface area (Å²) in [5.41, 5.74) is 35.8. The Labute approximate surface area is 672 Å². The maximum Gasteiger partial charge on any atom is 0.246 e. The van der Waals surface area contributed by atoms with Crippen molar-refractivity contribution >= 4 is 101 Å². The molecule has 0 bridgehead atoms. The van der Waals surface area contributed by atoms with Crippen molar-refractivity contribution in [1.29, 1.82) is 0 Å². The van der Waals surface area contributed by atoms with Crippen LogP contribution in [0.5, 0.6) is 0 Å². The van der Waals surface area contributed by atoms with E-state index in [1.54, 1.807) is 55.4 Å². The smallest absolute Gasteiger partial charge is 0.246 e. The molecule has 12 atom stereocenters. The fourth-order valence-electron chi connectivity index (χ4n) is 12.4. The molecule has 1 rings (SSSR count). The second-order valence-electron chi connectivity index (χ2n) is 32.0. The number of nitrogens with one attached hydrogen (secondary N) is 14. The molecule has 114 heavy (non-hydrogen) atoms. The van der Waals surface area contributed by atoms with Gasteiger partial charge in [0.25, 0.3) is 0 Å². The topological polar surface area (TPSA) is 631 Å². The van der Waals surface area contributed by atoms with E-state index in [1.807, 2.05) is 39.8 Å². The van der Waals surface area contributed by atoms with E-state index in [-0.39, 0.29) is 126 Å². The molecule has 0 saturated carbocycles. The summed E-state index contributed by atoms with van der Waals surface area (Å²) < 4.78 is 0. The lowest BCUT2D eigenvalue weighted by Crippen LogP contribution is -2.65. The Kier molecular flexibility index (Phi) is 47.2. The summed E-state index contributed by atoms with van der Waals surface area (Å²) in [4.78, 5) is 218. The molecule has 28 N–H and O–H groups in total. The summed E-state index contributed by atoms with van der Waals surface area (Å²) in [6, 6.07) is -12.3. The minimum Gasteiger partial charge on any atom is -0.370 e. The summed E-state index contributed by atoms with van der Waals surface area (Å²) in [6.07, 6.45) is 7.06. The summed E-state index contributed by atoms with van der Waals surface area (Å²) in [6.45, 7) is 24.0. The van der Waals surface area contributed by atoms with Gasteiger partial charge in [-0.3, -0.25) is 81.9 Å². The van der Waals surface area contributed by atoms with E-state index in [0.29, 0.717) is 45.1 Å². The van der Waals surface area contributed by atoms with Gasteiger partial charge in [0.05, 0.1) is 13.1 Å². The van der Waals surface area contributed by atoms with Crippen molar-refractivity contribution < 1.29 is 71.9 Å². The Bertz CT molecular complexity index is 3270. The molecule has 38 nitrogen and oxygen atoms in total. The zero-order valence-corrected chi connectivity index (χ0v) is 69.9. The number of nitrogens with zero attached hydrogens (tertiary/aromatic N) is 2. The van der Waals surface area contributed by atoms with Crippen LogP contribution < -0.4 is 115 Å². The Morgan fingerprint density at radius 2 is 0.930 bits per heavy atom. The van der Waals surface area contributed by atoms with Gasteiger partial charge in [-0.25, -0.2) is 0 Å². The van der Waals surface area contributed by atoms with E-state index < -0.39 is 191 Å². The van der Waals surface area contributed by atoms with Gasteiger partial charge in [0, 0.05) is 20.0 Å². The largest absolute Gasteiger partial charge is 0.370 e. The monoisotopic (exact) mass is 1610 g/mol. The van der Waals surface area contributed by atoms with Crippen molar-refractivity contribution in [1.82, 2.24) is 74.4 Å². The van der Waals surface area contributed by atoms with Crippen LogP contribution in [-0.4, -0.2) is 211 Å². The number of carbonyl (C=O) groups excluding carboxylic acids is 15. The van der Waals surface area contributed by atoms with Crippen molar-refractivity contribution in [3.05, 3.63) is 12.2 Å². The van der Waals surface area contributed by atoms with E-state index >= 15 is 4.79 Å². The van der Waals surface area contributed by atoms with Crippen LogP contribution in [0.15, 0.2) is 22.1 Å². The SMILES string of the molecule is CC(=O)N[C@@H](CCCCN)C(=O)N[C@H](C(=O)N[C@@H](CC(C)C)C(=O)NCC(=O)N[C@@H](CCCN=C(N)N)C(=O)N[C@@]1(C)CCC/C=C\CCC[C@@](C)(C(=O)NCC(=O)N[C@@H](CCCN=C(N)N)C(=O)N[C@@H](CC(C)C)C(=O)N[C@H](C(N)=O)C(C)C)NC(=O)[C@H](C(C)C)NC(=O)[C@H](CCCCN)NC(=O)[C@H](C(C)C)NC1=O)C(C)C. The molecule has 1 aliphatic heterocycles. The van der Waals surface area contributed by atoms with Gasteiger partial charge in [-0.2, -0.15) is 0 Å². The van der Waals surface area contributed by atoms with Crippen LogP contribution in [0.3, 0.4) is 0 Å². The first kappa shape index (κ1) is 102. The number of aliphatic imine (C=N–C) groups is 2. The number of hydrogen-bond donors (Lipinski definition) is 21. The van der Waals surface area contributed by atoms with E-state index in [2.05, 4.69) is 84.4 Å². The van der Waals surface area contributed by atoms with Crippen LogP contribution in [0.1, 0.15) is 219 Å². The maximum absolute atomic E-state index is 15.0. The van der Waals surface area contributed by atoms with Gasteiger partial charge in [0.1, 0.15) is 71.5 Å². The number of carbonyl (C=O) groups is 15. The van der Waals surface area contributed by atoms with Gasteiger partial charge in [-0.1, -0.05) is 95.2 Å². The third-order valence-electron chi connectivity index (χ3n) is 19.0. The Morgan fingerprint density at radius 3 is 1.42 bits per heavy atom. The van der Waals surface area contributed by atoms with Crippen LogP contribution >= 0.6 is 0 Å². The first-order chi connectivity index (χ1) is 53.3. The molecule has 0 radical (unpaired) electrons. The lowest BCUT2D eigenvalue weighted by molar-refractivity contribution is -0.139. The molecule has 0 aliphatic carbocycles. The molecule has 0 aromatic carbocycles. The number of unbranched alkanes of at least 4 members (excludes halogenated alkanes) is 2. The third kappa shape index (κ3) is 39.3. The highest BCUT2D eigenvalue weighted by Gasteiger charge is 2.43. The minimum atomic E-state index is -1.85. The van der Waals surface area contributed by atoms with E-state index in [9.17, 15) is 67.1 Å². The lowest BCUT2D eigenvalue weighted by Gasteiger charge is -2.34. The molecule has 38 heteroatoms. The standard InChI is InChI=1S/C76H139N23O15/c1-42(2)38-53(93-68(110)58(45(7)8)95-64(106)49(88-48(13)100)28-20-24-34-77)62(104)86-40-55(101)90-52(31-27-37-85-74(82)83)67(109)98-76(15)33-23-19-17-16-18-22-32-75(14,99-70(112)60(47(11)12)96-65(107)51(29-21-25-35-78)91-69(111)59(46(9)10)97-72(76)114)71(113)87-41-56(102)89-50(30-26-36-84-73(80)81)63(105)92-54(39-43(3)4)66(108)94-57(44(5)6)61(79)103/h16-17,42-47,49-54,57-60H,18-41,77-78H2,1-15H3,(H2,79,103)(H,86,104)(H,87,113)(H,88,100)(H,89,102)(H,90,101)(H,91,111)(H,92,105)(H,93,110)(H,94,108)(H,95,106)(H,96,107)(H,97,114)(H,98,109)(H,99,112)(H4,80,81,84)(H4,82,83,85)/b17-16-/t49-,50-,51-,52-,53-,54-,57-,58-,59-,60-,75-,76-/m0/s1. The van der Waals surface area contributed by atoms with E-state index in [0.717, 1.165) is 0 Å². The maximum atomic E-state index is 15.0. The Hall–Kier alpha value is -9.75. The predicted molar refractivity (Wildman–Crippen MR) is 434 cm³/mol. The second-order valence-corrected chi connectivity index (χ2v) is 32.0. The number of primary amides is 1. The lowest BCUT2D eigenvalue weighted by atomic mass is 9.91. The van der Waals surface area contributed by atoms with Gasteiger partial charge < -0.3 is 115 Å². The molecule has 648 valence electrons. The summed E-state index contributed by atoms with van der Waals surface area (Å²) in [5, 5.41) is 37.8. The van der Waals surface area contributed by atoms with Crippen LogP contribution in [0.4, 0.5) is 0 Å². The fourth-order valence-corrected chi connectivity index (χ4v) is 12.4. The van der Waals surface area contributed by atoms with Crippen molar-refractivity contribution in [3.8, 4) is 0 Å². The minimum absolute atomic E-state index is 0.00773. The number of amides is 15. The van der Waals surface area contributed by atoms with E-state index in [4.69, 9.17) is 40.1 Å². The first-order valence-corrected chi connectivity index (χ1v) is 40.0. The quantitative estimate of drug-likeness (QED) is 0.0128. The summed E-state index contributed by atoms with van der Waals surface area (Å²) in [5.74, 6) is -14.3. The van der Waals surface area contributed by atoms with Crippen molar-refractivity contribution in [2.75, 3.05) is 39.3 Å². The van der Waals surface area contributed by atoms with Gasteiger partial charge in [0.15, 0.2) is 11.9 Å². The van der Waals surface area contributed by atoms with Crippen LogP contribution in [0.2, 0.25) is 0 Å². The molecule has 1 aliphatic rings. The number of nitrogens with two attached hydrogens (primary N) is 7. The molecule has 0 fully saturated rings. The zero-order valence-electron chi connectivity index (χ0n) is 69.9. The molecule has 0 saturated heterocycles. The predicted octanol–water partition coefficient (Wildman–Crippen LogP) is -2.69. The number of hydrogen-bond acceptors (Lipinski definition) is 19. The van der Waals surface area contributed by atoms with Crippen LogP contribution in [0, 0.1) is 35.5 Å². The molecule has 0 unspecified atom stereocenters. The van der Waals surface area contributed by atoms with Gasteiger partial charge >= 0.3 is 0 Å². The Morgan fingerprint density at radius 1 is 0.482 bits per heavy atom. The highest BCUT2D eigenvalue weighted by molar-refractivity contribution is 6.01. The van der Waals surface area contributed by atoms with Gasteiger partial charge in [-0.15, -0.1) is 0 Å². The first-order valence-electron chi connectivity index (χ1n) is 40.0. The Balaban J connectivity index is 3.88. The van der Waals surface area contributed by atoms with Crippen LogP contribution in [-0.2, 0) is 71.9 Å². The van der Waals surface area contributed by atoms with Crippen molar-refractivity contribution in [2.24, 2.45) is 85.6 Å². The summed E-state index contributed by atoms with van der Waals surface area (Å²) >= 11 is 0. The van der Waals surface area contributed by atoms with Crippen LogP contribution in [0.25, 0.3) is 0 Å². The third-order valence-corrected chi connectivity index (χ3v) is 19.0. The zero-order chi connectivity index (χ0) is 86.8. The molecular formula is C76H139N23O15. The molecule has 0 spiro atoms. The van der Waals surface area contributed by atoms with Gasteiger partial charge in [-0.05, 0) is 178 Å². The highest BCUT2D eigenvalue weighted by Crippen LogP contribution is 2.22. The molecule has 15 amide bonds. The van der Waals surface area contributed by atoms with Crippen molar-refractivity contribution in [3.63, 3.8) is 0 Å². The number of rotatable bonds is 44. The second kappa shape index (κ2) is 52.6. The fraction of sp³-hybridized carbons (Fsp3) is 0.750. The average molecular weight is 1620 g/mol. The van der Waals surface area contributed by atoms with Crippen molar-refractivity contribution in [2.45, 2.75) is 291 Å². The molecule has 0 aromatic heterocycles.